The van der Waals surface area contributed by atoms with E-state index in [0.29, 0.717) is 5.56 Å². The Balaban J connectivity index is 1.85. The largest absolute Gasteiger partial charge is 0.443 e. The third-order valence-corrected chi connectivity index (χ3v) is 6.75. The summed E-state index contributed by atoms with van der Waals surface area (Å²) >= 11 is 0. The van der Waals surface area contributed by atoms with Gasteiger partial charge in [-0.05, 0) is 57.0 Å². The molecule has 0 spiro atoms. The molecule has 2 aliphatic heterocycles. The molecule has 152 valence electrons. The van der Waals surface area contributed by atoms with Crippen LogP contribution in [0.4, 0.5) is 5.69 Å². The maximum absolute atomic E-state index is 13.1. The molecule has 4 heteroatoms. The first-order valence-corrected chi connectivity index (χ1v) is 10.6. The van der Waals surface area contributed by atoms with Gasteiger partial charge in [0.05, 0.1) is 11.5 Å². The highest BCUT2D eigenvalue weighted by atomic mass is 16.6. The van der Waals surface area contributed by atoms with Crippen molar-refractivity contribution < 1.29 is 9.53 Å². The fraction of sp³-hybridized carbons (Fsp3) is 0.308. The first kappa shape index (κ1) is 18.9. The molecule has 3 aromatic rings. The van der Waals surface area contributed by atoms with Crippen LogP contribution < -0.4 is 4.90 Å². The number of para-hydroxylation sites is 1. The first-order valence-electron chi connectivity index (χ1n) is 10.6. The highest BCUT2D eigenvalue weighted by Gasteiger charge is 2.59. The van der Waals surface area contributed by atoms with Crippen LogP contribution in [-0.2, 0) is 10.3 Å². The van der Waals surface area contributed by atoms with Crippen LogP contribution in [0.3, 0.4) is 0 Å². The van der Waals surface area contributed by atoms with Crippen LogP contribution >= 0.6 is 0 Å². The Bertz CT molecular complexity index is 1160. The molecule has 1 aromatic heterocycles. The number of aryl methyl sites for hydroxylation is 2. The number of rotatable bonds is 3. The van der Waals surface area contributed by atoms with Crippen molar-refractivity contribution in [1.82, 2.24) is 4.98 Å². The van der Waals surface area contributed by atoms with Gasteiger partial charge in [0, 0.05) is 30.0 Å². The van der Waals surface area contributed by atoms with Crippen LogP contribution in [0.25, 0.3) is 0 Å². The molecule has 30 heavy (non-hydrogen) atoms. The van der Waals surface area contributed by atoms with Crippen molar-refractivity contribution >= 4 is 11.7 Å². The topological polar surface area (TPSA) is 42.4 Å². The minimum Gasteiger partial charge on any atom is -0.443 e. The molecule has 0 amide bonds. The summed E-state index contributed by atoms with van der Waals surface area (Å²) in [5, 5.41) is 0. The number of ether oxygens (including phenoxy) is 1. The Morgan fingerprint density at radius 3 is 2.67 bits per heavy atom. The second-order valence-electron chi connectivity index (χ2n) is 8.41. The summed E-state index contributed by atoms with van der Waals surface area (Å²) in [5.74, 6) is -0.354. The lowest BCUT2D eigenvalue weighted by atomic mass is 9.71. The second kappa shape index (κ2) is 6.69. The van der Waals surface area contributed by atoms with Gasteiger partial charge in [-0.2, -0.15) is 0 Å². The van der Waals surface area contributed by atoms with Crippen LogP contribution in [0, 0.1) is 13.8 Å². The SMILES string of the molecule is CCN1c2ccccc2C(C2(c3ccc(C)cc3C)OC(=O)c3cccnc32)C1C. The number of likely N-dealkylation sites (N-methyl/N-ethyl adjacent to an activating group) is 1. The molecule has 0 N–H and O–H groups in total. The van der Waals surface area contributed by atoms with Gasteiger partial charge in [0.25, 0.3) is 0 Å². The number of cyclic esters (lactones) is 1. The number of carbonyl (C=O) groups excluding carboxylic acids is 1. The predicted octanol–water partition coefficient (Wildman–Crippen LogP) is 5.12. The fourth-order valence-corrected chi connectivity index (χ4v) is 5.59. The number of fused-ring (bicyclic) bond motifs is 2. The van der Waals surface area contributed by atoms with Crippen molar-refractivity contribution in [2.45, 2.75) is 45.3 Å². The maximum Gasteiger partial charge on any atom is 0.341 e. The quantitative estimate of drug-likeness (QED) is 0.574. The third-order valence-electron chi connectivity index (χ3n) is 6.75. The number of anilines is 1. The molecule has 3 atom stereocenters. The summed E-state index contributed by atoms with van der Waals surface area (Å²) in [6.45, 7) is 9.48. The molecule has 2 aliphatic rings. The van der Waals surface area contributed by atoms with Crippen LogP contribution in [0.1, 0.15) is 58.1 Å². The third kappa shape index (κ3) is 2.40. The number of pyridine rings is 1. The molecule has 3 unspecified atom stereocenters. The van der Waals surface area contributed by atoms with Gasteiger partial charge in [0.15, 0.2) is 5.60 Å². The molecule has 0 saturated heterocycles. The molecule has 4 nitrogen and oxygen atoms in total. The van der Waals surface area contributed by atoms with E-state index < -0.39 is 5.60 Å². The summed E-state index contributed by atoms with van der Waals surface area (Å²) in [4.78, 5) is 20.2. The van der Waals surface area contributed by atoms with E-state index in [1.807, 2.05) is 12.1 Å². The maximum atomic E-state index is 13.1. The van der Waals surface area contributed by atoms with Gasteiger partial charge in [-0.15, -0.1) is 0 Å². The van der Waals surface area contributed by atoms with Crippen LogP contribution in [0.15, 0.2) is 60.8 Å². The van der Waals surface area contributed by atoms with Crippen molar-refractivity contribution in [2.75, 3.05) is 11.4 Å². The van der Waals surface area contributed by atoms with E-state index in [4.69, 9.17) is 9.72 Å². The number of aromatic nitrogens is 1. The van der Waals surface area contributed by atoms with Crippen molar-refractivity contribution in [3.63, 3.8) is 0 Å². The molecular weight excluding hydrogens is 372 g/mol. The Morgan fingerprint density at radius 1 is 1.10 bits per heavy atom. The normalized spacial score (nSPS) is 24.5. The molecule has 3 heterocycles. The van der Waals surface area contributed by atoms with Crippen molar-refractivity contribution in [3.05, 3.63) is 94.3 Å². The van der Waals surface area contributed by atoms with Gasteiger partial charge in [-0.1, -0.05) is 42.0 Å². The molecule has 2 aromatic carbocycles. The van der Waals surface area contributed by atoms with Crippen LogP contribution in [0.5, 0.6) is 0 Å². The minimum atomic E-state index is -0.953. The Morgan fingerprint density at radius 2 is 1.90 bits per heavy atom. The monoisotopic (exact) mass is 398 g/mol. The number of carbonyl (C=O) groups is 1. The zero-order valence-electron chi connectivity index (χ0n) is 17.8. The van der Waals surface area contributed by atoms with Gasteiger partial charge in [-0.3, -0.25) is 4.98 Å². The molecular formula is C26H26N2O2. The molecule has 0 bridgehead atoms. The van der Waals surface area contributed by atoms with Gasteiger partial charge < -0.3 is 9.64 Å². The Hall–Kier alpha value is -3.14. The molecule has 0 aliphatic carbocycles. The van der Waals surface area contributed by atoms with E-state index >= 15 is 0 Å². The van der Waals surface area contributed by atoms with Crippen molar-refractivity contribution in [1.29, 1.82) is 0 Å². The van der Waals surface area contributed by atoms with Crippen LogP contribution in [0.2, 0.25) is 0 Å². The Labute approximate surface area is 177 Å². The summed E-state index contributed by atoms with van der Waals surface area (Å²) in [6.07, 6.45) is 1.77. The van der Waals surface area contributed by atoms with Crippen molar-refractivity contribution in [2.24, 2.45) is 0 Å². The van der Waals surface area contributed by atoms with Crippen molar-refractivity contribution in [3.8, 4) is 0 Å². The van der Waals surface area contributed by atoms with E-state index in [0.717, 1.165) is 23.4 Å². The summed E-state index contributed by atoms with van der Waals surface area (Å²) < 4.78 is 6.40. The van der Waals surface area contributed by atoms with E-state index in [1.165, 1.54) is 16.8 Å². The lowest BCUT2D eigenvalue weighted by Gasteiger charge is -2.39. The summed E-state index contributed by atoms with van der Waals surface area (Å²) in [6, 6.07) is 18.7. The standard InChI is InChI=1S/C26H26N2O2/c1-5-28-18(4)23(19-9-6-7-11-22(19)28)26(21-13-12-16(2)15-17(21)3)24-20(25(29)30-26)10-8-14-27-24/h6-15,18,23H,5H2,1-4H3. The summed E-state index contributed by atoms with van der Waals surface area (Å²) in [7, 11) is 0. The fourth-order valence-electron chi connectivity index (χ4n) is 5.59. The number of benzene rings is 2. The zero-order valence-corrected chi connectivity index (χ0v) is 17.8. The predicted molar refractivity (Wildman–Crippen MR) is 118 cm³/mol. The smallest absolute Gasteiger partial charge is 0.341 e. The number of nitrogens with zero attached hydrogens (tertiary/aromatic N) is 2. The second-order valence-corrected chi connectivity index (χ2v) is 8.41. The average molecular weight is 399 g/mol. The number of esters is 1. The van der Waals surface area contributed by atoms with E-state index in [2.05, 4.69) is 75.1 Å². The first-order chi connectivity index (χ1) is 14.5. The summed E-state index contributed by atoms with van der Waals surface area (Å²) in [5.41, 5.74) is 6.07. The lowest BCUT2D eigenvalue weighted by molar-refractivity contribution is -0.00528. The van der Waals surface area contributed by atoms with E-state index in [1.54, 1.807) is 6.20 Å². The van der Waals surface area contributed by atoms with Gasteiger partial charge in [0.2, 0.25) is 0 Å². The zero-order chi connectivity index (χ0) is 21.0. The van der Waals surface area contributed by atoms with Gasteiger partial charge in [-0.25, -0.2) is 4.79 Å². The molecule has 0 saturated carbocycles. The van der Waals surface area contributed by atoms with Gasteiger partial charge in [0.1, 0.15) is 5.69 Å². The highest BCUT2D eigenvalue weighted by Crippen LogP contribution is 2.57. The molecule has 0 fully saturated rings. The minimum absolute atomic E-state index is 0.0600. The van der Waals surface area contributed by atoms with E-state index in [9.17, 15) is 4.79 Å². The number of hydrogen-bond acceptors (Lipinski definition) is 4. The van der Waals surface area contributed by atoms with E-state index in [-0.39, 0.29) is 17.9 Å². The Kier molecular flexibility index (Phi) is 4.21. The van der Waals surface area contributed by atoms with Crippen LogP contribution in [-0.4, -0.2) is 23.5 Å². The molecule has 0 radical (unpaired) electrons. The highest BCUT2D eigenvalue weighted by molar-refractivity contribution is 5.95. The molecule has 5 rings (SSSR count). The number of hydrogen-bond donors (Lipinski definition) is 0. The van der Waals surface area contributed by atoms with Gasteiger partial charge >= 0.3 is 5.97 Å². The average Bonchev–Trinajstić information content (AvgIpc) is 3.19. The lowest BCUT2D eigenvalue weighted by Crippen LogP contribution is -2.44.